The van der Waals surface area contributed by atoms with Crippen LogP contribution in [-0.4, -0.2) is 44.9 Å². The van der Waals surface area contributed by atoms with Gasteiger partial charge in [-0.2, -0.15) is 5.10 Å². The molecule has 1 aromatic heterocycles. The Labute approximate surface area is 117 Å². The SMILES string of the molecule is Cc1nn(C)cc1CNC(=O)N1C[C@@H](C)[C@H](C(=O)O)C1. The van der Waals surface area contributed by atoms with Gasteiger partial charge >= 0.3 is 12.0 Å². The number of aromatic nitrogens is 2. The van der Waals surface area contributed by atoms with Gasteiger partial charge in [-0.05, 0) is 12.8 Å². The van der Waals surface area contributed by atoms with Crippen LogP contribution in [-0.2, 0) is 18.4 Å². The second-order valence-electron chi connectivity index (χ2n) is 5.40. The van der Waals surface area contributed by atoms with Crippen molar-refractivity contribution in [2.75, 3.05) is 13.1 Å². The van der Waals surface area contributed by atoms with Gasteiger partial charge in [-0.1, -0.05) is 6.92 Å². The Morgan fingerprint density at radius 3 is 2.70 bits per heavy atom. The molecule has 110 valence electrons. The summed E-state index contributed by atoms with van der Waals surface area (Å²) < 4.78 is 1.70. The maximum Gasteiger partial charge on any atom is 0.317 e. The van der Waals surface area contributed by atoms with E-state index in [1.165, 1.54) is 0 Å². The Kier molecular flexibility index (Phi) is 3.96. The maximum atomic E-state index is 12.0. The Balaban J connectivity index is 1.90. The summed E-state index contributed by atoms with van der Waals surface area (Å²) in [5.74, 6) is -1.32. The van der Waals surface area contributed by atoms with Crippen molar-refractivity contribution < 1.29 is 14.7 Å². The third-order valence-electron chi connectivity index (χ3n) is 3.76. The quantitative estimate of drug-likeness (QED) is 0.848. The third-order valence-corrected chi connectivity index (χ3v) is 3.76. The summed E-state index contributed by atoms with van der Waals surface area (Å²) in [4.78, 5) is 24.6. The smallest absolute Gasteiger partial charge is 0.317 e. The molecule has 1 fully saturated rings. The standard InChI is InChI=1S/C13H20N4O3/c1-8-5-17(7-11(8)12(18)19)13(20)14-4-10-6-16(3)15-9(10)2/h6,8,11H,4-5,7H2,1-3H3,(H,14,20)(H,18,19)/t8-,11-/m1/s1. The van der Waals surface area contributed by atoms with Gasteiger partial charge in [-0.3, -0.25) is 9.48 Å². The van der Waals surface area contributed by atoms with Gasteiger partial charge in [-0.25, -0.2) is 4.79 Å². The molecule has 1 saturated heterocycles. The van der Waals surface area contributed by atoms with Gasteiger partial charge in [0.05, 0.1) is 11.6 Å². The summed E-state index contributed by atoms with van der Waals surface area (Å²) in [6, 6.07) is -0.219. The van der Waals surface area contributed by atoms with Gasteiger partial charge in [0, 0.05) is 38.4 Å². The number of hydrogen-bond acceptors (Lipinski definition) is 3. The summed E-state index contributed by atoms with van der Waals surface area (Å²) in [7, 11) is 1.83. The normalized spacial score (nSPS) is 22.1. The number of rotatable bonds is 3. The Morgan fingerprint density at radius 2 is 2.20 bits per heavy atom. The number of aliphatic carboxylic acids is 1. The molecule has 2 amide bonds. The van der Waals surface area contributed by atoms with Crippen LogP contribution >= 0.6 is 0 Å². The molecule has 0 saturated carbocycles. The van der Waals surface area contributed by atoms with Crippen molar-refractivity contribution in [2.24, 2.45) is 18.9 Å². The maximum absolute atomic E-state index is 12.0. The number of nitrogens with zero attached hydrogens (tertiary/aromatic N) is 3. The molecule has 20 heavy (non-hydrogen) atoms. The van der Waals surface area contributed by atoms with E-state index in [1.807, 2.05) is 27.1 Å². The molecule has 2 rings (SSSR count). The average Bonchev–Trinajstić information content (AvgIpc) is 2.89. The first-order valence-electron chi connectivity index (χ1n) is 6.63. The number of carbonyl (C=O) groups is 2. The molecule has 1 aliphatic rings. The highest BCUT2D eigenvalue weighted by molar-refractivity contribution is 5.77. The minimum absolute atomic E-state index is 0.0154. The Hall–Kier alpha value is -2.05. The van der Waals surface area contributed by atoms with E-state index in [0.29, 0.717) is 13.1 Å². The van der Waals surface area contributed by atoms with E-state index in [-0.39, 0.29) is 18.5 Å². The zero-order valence-corrected chi connectivity index (χ0v) is 12.0. The van der Waals surface area contributed by atoms with Crippen molar-refractivity contribution >= 4 is 12.0 Å². The summed E-state index contributed by atoms with van der Waals surface area (Å²) in [6.45, 7) is 4.90. The van der Waals surface area contributed by atoms with Gasteiger partial charge in [-0.15, -0.1) is 0 Å². The lowest BCUT2D eigenvalue weighted by Gasteiger charge is -2.16. The first-order chi connectivity index (χ1) is 9.38. The predicted molar refractivity (Wildman–Crippen MR) is 72.0 cm³/mol. The van der Waals surface area contributed by atoms with E-state index in [9.17, 15) is 9.59 Å². The summed E-state index contributed by atoms with van der Waals surface area (Å²) in [5, 5.41) is 16.1. The van der Waals surface area contributed by atoms with E-state index in [0.717, 1.165) is 11.3 Å². The van der Waals surface area contributed by atoms with Crippen LogP contribution in [0.1, 0.15) is 18.2 Å². The predicted octanol–water partition coefficient (Wildman–Crippen LogP) is 0.591. The second-order valence-corrected chi connectivity index (χ2v) is 5.40. The summed E-state index contributed by atoms with van der Waals surface area (Å²) >= 11 is 0. The van der Waals surface area contributed by atoms with Gasteiger partial charge in [0.2, 0.25) is 0 Å². The lowest BCUT2D eigenvalue weighted by atomic mass is 9.99. The highest BCUT2D eigenvalue weighted by Crippen LogP contribution is 2.23. The number of amides is 2. The third kappa shape index (κ3) is 2.92. The van der Waals surface area contributed by atoms with Crippen LogP contribution in [0.2, 0.25) is 0 Å². The number of nitrogens with one attached hydrogen (secondary N) is 1. The molecule has 0 aliphatic carbocycles. The topological polar surface area (TPSA) is 87.5 Å². The number of hydrogen-bond donors (Lipinski definition) is 2. The van der Waals surface area contributed by atoms with E-state index in [1.54, 1.807) is 9.58 Å². The fraction of sp³-hybridized carbons (Fsp3) is 0.615. The largest absolute Gasteiger partial charge is 0.481 e. The molecule has 1 aromatic rings. The van der Waals surface area contributed by atoms with E-state index in [4.69, 9.17) is 5.11 Å². The molecule has 0 bridgehead atoms. The van der Waals surface area contributed by atoms with Gasteiger partial charge in [0.1, 0.15) is 0 Å². The monoisotopic (exact) mass is 280 g/mol. The van der Waals surface area contributed by atoms with Crippen molar-refractivity contribution in [3.05, 3.63) is 17.5 Å². The zero-order chi connectivity index (χ0) is 14.9. The van der Waals surface area contributed by atoms with Crippen LogP contribution in [0, 0.1) is 18.8 Å². The number of urea groups is 1. The Bertz CT molecular complexity index is 526. The van der Waals surface area contributed by atoms with Crippen LogP contribution in [0.5, 0.6) is 0 Å². The fourth-order valence-electron chi connectivity index (χ4n) is 2.56. The molecule has 7 heteroatoms. The minimum atomic E-state index is -0.837. The van der Waals surface area contributed by atoms with E-state index < -0.39 is 11.9 Å². The highest BCUT2D eigenvalue weighted by atomic mass is 16.4. The number of carboxylic acids is 1. The molecule has 0 unspecified atom stereocenters. The molecular weight excluding hydrogens is 260 g/mol. The first-order valence-corrected chi connectivity index (χ1v) is 6.63. The number of carbonyl (C=O) groups excluding carboxylic acids is 1. The lowest BCUT2D eigenvalue weighted by molar-refractivity contribution is -0.142. The molecule has 0 spiro atoms. The van der Waals surface area contributed by atoms with Crippen LogP contribution in [0.4, 0.5) is 4.79 Å². The van der Waals surface area contributed by atoms with Gasteiger partial charge in [0.15, 0.2) is 0 Å². The number of carboxylic acid groups (broad SMARTS) is 1. The van der Waals surface area contributed by atoms with Crippen molar-refractivity contribution in [1.29, 1.82) is 0 Å². The number of likely N-dealkylation sites (tertiary alicyclic amines) is 1. The first kappa shape index (κ1) is 14.4. The van der Waals surface area contributed by atoms with E-state index in [2.05, 4.69) is 10.4 Å². The Morgan fingerprint density at radius 1 is 1.50 bits per heavy atom. The molecule has 0 aromatic carbocycles. The van der Waals surface area contributed by atoms with Gasteiger partial charge < -0.3 is 15.3 Å². The zero-order valence-electron chi connectivity index (χ0n) is 12.0. The van der Waals surface area contributed by atoms with Crippen LogP contribution in [0.15, 0.2) is 6.20 Å². The summed E-state index contributed by atoms with van der Waals surface area (Å²) in [6.07, 6.45) is 1.86. The lowest BCUT2D eigenvalue weighted by Crippen LogP contribution is -2.38. The second kappa shape index (κ2) is 5.52. The van der Waals surface area contributed by atoms with Crippen molar-refractivity contribution in [3.8, 4) is 0 Å². The van der Waals surface area contributed by atoms with Crippen LogP contribution in [0.25, 0.3) is 0 Å². The minimum Gasteiger partial charge on any atom is -0.481 e. The molecule has 2 atom stereocenters. The number of aryl methyl sites for hydroxylation is 2. The molecule has 0 radical (unpaired) electrons. The fourth-order valence-corrected chi connectivity index (χ4v) is 2.56. The molecule has 2 N–H and O–H groups in total. The van der Waals surface area contributed by atoms with Crippen molar-refractivity contribution in [1.82, 2.24) is 20.0 Å². The average molecular weight is 280 g/mol. The molecule has 2 heterocycles. The van der Waals surface area contributed by atoms with Crippen LogP contribution < -0.4 is 5.32 Å². The summed E-state index contributed by atoms with van der Waals surface area (Å²) in [5.41, 5.74) is 1.84. The van der Waals surface area contributed by atoms with Crippen LogP contribution in [0.3, 0.4) is 0 Å². The van der Waals surface area contributed by atoms with Gasteiger partial charge in [0.25, 0.3) is 0 Å². The molecule has 7 nitrogen and oxygen atoms in total. The highest BCUT2D eigenvalue weighted by Gasteiger charge is 2.36. The molecule has 1 aliphatic heterocycles. The van der Waals surface area contributed by atoms with Crippen molar-refractivity contribution in [3.63, 3.8) is 0 Å². The molecular formula is C13H20N4O3. The van der Waals surface area contributed by atoms with Crippen molar-refractivity contribution in [2.45, 2.75) is 20.4 Å². The van der Waals surface area contributed by atoms with E-state index >= 15 is 0 Å².